The Morgan fingerprint density at radius 3 is 2.36 bits per heavy atom. The number of carbonyl (C=O) groups is 2. The van der Waals surface area contributed by atoms with Crippen LogP contribution < -0.4 is 5.32 Å². The van der Waals surface area contributed by atoms with E-state index < -0.39 is 40.7 Å². The van der Waals surface area contributed by atoms with Crippen LogP contribution in [-0.4, -0.2) is 26.8 Å². The normalized spacial score (nSPS) is 16.9. The van der Waals surface area contributed by atoms with Crippen LogP contribution in [-0.2, 0) is 16.4 Å². The minimum Gasteiger partial charge on any atom is -0.478 e. The predicted octanol–water partition coefficient (Wildman–Crippen LogP) is 5.94. The first kappa shape index (κ1) is 24.0. The zero-order chi connectivity index (χ0) is 25.8. The maximum absolute atomic E-state index is 15.1. The van der Waals surface area contributed by atoms with Crippen LogP contribution in [0.1, 0.15) is 59.6 Å². The zero-order valence-corrected chi connectivity index (χ0v) is 18.7. The van der Waals surface area contributed by atoms with Crippen LogP contribution in [0.15, 0.2) is 42.7 Å². The van der Waals surface area contributed by atoms with Gasteiger partial charge in [0.1, 0.15) is 11.6 Å². The number of aromatic carboxylic acids is 1. The van der Waals surface area contributed by atoms with Crippen LogP contribution in [0.3, 0.4) is 0 Å². The van der Waals surface area contributed by atoms with E-state index in [9.17, 15) is 32.3 Å². The standard InChI is InChI=1S/C25H20F5N3O3/c26-19-8-14(4-5-18(19)25(28,29)30)24(6-7-24)23(36)32-15-9-17(22(34)35)21(20(27)10-15)13-11-31-33(12-13)16-2-1-3-16/h4-5,8-12,16H,1-3,6-7H2,(H,32,36)(H,34,35). The lowest BCUT2D eigenvalue weighted by Crippen LogP contribution is -2.28. The molecule has 2 saturated carbocycles. The minimum atomic E-state index is -4.87. The van der Waals surface area contributed by atoms with E-state index >= 15 is 4.39 Å². The van der Waals surface area contributed by atoms with Crippen LogP contribution in [0.2, 0.25) is 0 Å². The molecule has 2 N–H and O–H groups in total. The van der Waals surface area contributed by atoms with Crippen molar-refractivity contribution in [3.05, 3.63) is 71.1 Å². The Labute approximate surface area is 201 Å². The molecule has 1 amide bonds. The van der Waals surface area contributed by atoms with E-state index in [0.29, 0.717) is 12.1 Å². The zero-order valence-electron chi connectivity index (χ0n) is 18.7. The van der Waals surface area contributed by atoms with Gasteiger partial charge < -0.3 is 10.4 Å². The van der Waals surface area contributed by atoms with E-state index in [1.165, 1.54) is 6.20 Å². The molecule has 0 saturated heterocycles. The maximum atomic E-state index is 15.1. The molecule has 1 heterocycles. The number of hydrogen-bond donors (Lipinski definition) is 2. The topological polar surface area (TPSA) is 84.2 Å². The van der Waals surface area contributed by atoms with Crippen molar-refractivity contribution < 1.29 is 36.6 Å². The number of amides is 1. The number of carbonyl (C=O) groups excluding carboxylic acids is 1. The van der Waals surface area contributed by atoms with Crippen molar-refractivity contribution in [1.29, 1.82) is 0 Å². The molecule has 2 fully saturated rings. The van der Waals surface area contributed by atoms with E-state index in [1.807, 2.05) is 0 Å². The molecule has 0 bridgehead atoms. The molecule has 11 heteroatoms. The highest BCUT2D eigenvalue weighted by molar-refractivity contribution is 6.03. The number of alkyl halides is 3. The van der Waals surface area contributed by atoms with Crippen LogP contribution in [0, 0.1) is 11.6 Å². The first-order chi connectivity index (χ1) is 17.0. The van der Waals surface area contributed by atoms with Crippen molar-refractivity contribution >= 4 is 17.6 Å². The number of anilines is 1. The summed E-state index contributed by atoms with van der Waals surface area (Å²) < 4.78 is 69.6. The molecule has 5 rings (SSSR count). The lowest BCUT2D eigenvalue weighted by Gasteiger charge is -2.25. The van der Waals surface area contributed by atoms with Gasteiger partial charge in [0, 0.05) is 23.0 Å². The first-order valence-corrected chi connectivity index (χ1v) is 11.3. The molecule has 1 aromatic heterocycles. The van der Waals surface area contributed by atoms with Crippen molar-refractivity contribution in [2.75, 3.05) is 5.32 Å². The second-order valence-corrected chi connectivity index (χ2v) is 9.21. The summed E-state index contributed by atoms with van der Waals surface area (Å²) in [6, 6.07) is 4.59. The van der Waals surface area contributed by atoms with Crippen molar-refractivity contribution in [2.24, 2.45) is 0 Å². The molecule has 188 valence electrons. The largest absolute Gasteiger partial charge is 0.478 e. The molecule has 2 aliphatic carbocycles. The highest BCUT2D eigenvalue weighted by atomic mass is 19.4. The summed E-state index contributed by atoms with van der Waals surface area (Å²) in [4.78, 5) is 25.0. The molecule has 0 unspecified atom stereocenters. The maximum Gasteiger partial charge on any atom is 0.419 e. The van der Waals surface area contributed by atoms with Crippen molar-refractivity contribution in [3.8, 4) is 11.1 Å². The molecule has 2 aromatic carbocycles. The molecule has 6 nitrogen and oxygen atoms in total. The fourth-order valence-corrected chi connectivity index (χ4v) is 4.52. The van der Waals surface area contributed by atoms with Crippen LogP contribution in [0.4, 0.5) is 27.6 Å². The van der Waals surface area contributed by atoms with E-state index in [2.05, 4.69) is 10.4 Å². The van der Waals surface area contributed by atoms with Gasteiger partial charge in [0.05, 0.1) is 28.8 Å². The van der Waals surface area contributed by atoms with Gasteiger partial charge in [-0.05, 0) is 61.9 Å². The SMILES string of the molecule is O=C(O)c1cc(NC(=O)C2(c3ccc(C(F)(F)F)c(F)c3)CC2)cc(F)c1-c1cnn(C2CCC2)c1. The Hall–Kier alpha value is -3.76. The number of nitrogens with one attached hydrogen (secondary N) is 1. The minimum absolute atomic E-state index is 0.0597. The molecule has 3 aromatic rings. The summed E-state index contributed by atoms with van der Waals surface area (Å²) in [6.07, 6.45) is 1.53. The second kappa shape index (κ2) is 8.42. The van der Waals surface area contributed by atoms with Gasteiger partial charge in [-0.1, -0.05) is 6.07 Å². The van der Waals surface area contributed by atoms with Gasteiger partial charge in [-0.3, -0.25) is 9.48 Å². The lowest BCUT2D eigenvalue weighted by atomic mass is 9.93. The number of nitrogens with zero attached hydrogens (tertiary/aromatic N) is 2. The van der Waals surface area contributed by atoms with Gasteiger partial charge in [0.2, 0.25) is 5.91 Å². The average molecular weight is 505 g/mol. The van der Waals surface area contributed by atoms with Gasteiger partial charge >= 0.3 is 12.1 Å². The molecule has 0 atom stereocenters. The monoisotopic (exact) mass is 505 g/mol. The highest BCUT2D eigenvalue weighted by Crippen LogP contribution is 2.50. The Morgan fingerprint density at radius 1 is 1.08 bits per heavy atom. The number of carboxylic acids is 1. The number of aromatic nitrogens is 2. The molecule has 0 aliphatic heterocycles. The van der Waals surface area contributed by atoms with E-state index in [1.54, 1.807) is 10.9 Å². The number of carboxylic acid groups (broad SMARTS) is 1. The summed E-state index contributed by atoms with van der Waals surface area (Å²) in [7, 11) is 0. The Kier molecular flexibility index (Phi) is 5.60. The summed E-state index contributed by atoms with van der Waals surface area (Å²) in [5.41, 5.74) is -3.07. The molecule has 0 radical (unpaired) electrons. The van der Waals surface area contributed by atoms with Gasteiger partial charge in [-0.25, -0.2) is 13.6 Å². The molecule has 36 heavy (non-hydrogen) atoms. The second-order valence-electron chi connectivity index (χ2n) is 9.21. The third-order valence-corrected chi connectivity index (χ3v) is 6.93. The number of rotatable bonds is 6. The quantitative estimate of drug-likeness (QED) is 0.406. The van der Waals surface area contributed by atoms with E-state index in [-0.39, 0.29) is 46.8 Å². The predicted molar refractivity (Wildman–Crippen MR) is 118 cm³/mol. The fourth-order valence-electron chi connectivity index (χ4n) is 4.52. The van der Waals surface area contributed by atoms with Crippen LogP contribution in [0.5, 0.6) is 0 Å². The molecular formula is C25H20F5N3O3. The fraction of sp³-hybridized carbons (Fsp3) is 0.320. The van der Waals surface area contributed by atoms with Gasteiger partial charge in [0.25, 0.3) is 0 Å². The van der Waals surface area contributed by atoms with Crippen molar-refractivity contribution in [1.82, 2.24) is 9.78 Å². The number of benzene rings is 2. The average Bonchev–Trinajstić information content (AvgIpc) is 3.44. The van der Waals surface area contributed by atoms with Gasteiger partial charge in [-0.15, -0.1) is 0 Å². The molecule has 2 aliphatic rings. The van der Waals surface area contributed by atoms with Crippen molar-refractivity contribution in [3.63, 3.8) is 0 Å². The number of halogens is 5. The molecule has 0 spiro atoms. The lowest BCUT2D eigenvalue weighted by molar-refractivity contribution is -0.140. The summed E-state index contributed by atoms with van der Waals surface area (Å²) >= 11 is 0. The van der Waals surface area contributed by atoms with Crippen LogP contribution in [0.25, 0.3) is 11.1 Å². The Morgan fingerprint density at radius 2 is 1.81 bits per heavy atom. The first-order valence-electron chi connectivity index (χ1n) is 11.3. The van der Waals surface area contributed by atoms with Gasteiger partial charge in [-0.2, -0.15) is 18.3 Å². The smallest absolute Gasteiger partial charge is 0.419 e. The summed E-state index contributed by atoms with van der Waals surface area (Å²) in [6.45, 7) is 0. The van der Waals surface area contributed by atoms with E-state index in [0.717, 1.165) is 37.5 Å². The third-order valence-electron chi connectivity index (χ3n) is 6.93. The highest BCUT2D eigenvalue weighted by Gasteiger charge is 2.52. The van der Waals surface area contributed by atoms with Crippen molar-refractivity contribution in [2.45, 2.75) is 49.7 Å². The van der Waals surface area contributed by atoms with E-state index in [4.69, 9.17) is 0 Å². The van der Waals surface area contributed by atoms with Crippen LogP contribution >= 0.6 is 0 Å². The third kappa shape index (κ3) is 4.12. The number of hydrogen-bond acceptors (Lipinski definition) is 3. The summed E-state index contributed by atoms with van der Waals surface area (Å²) in [5, 5.41) is 16.4. The van der Waals surface area contributed by atoms with Gasteiger partial charge in [0.15, 0.2) is 0 Å². The molecular weight excluding hydrogens is 485 g/mol. The summed E-state index contributed by atoms with van der Waals surface area (Å²) in [5.74, 6) is -4.49. The Bertz CT molecular complexity index is 1370. The Balaban J connectivity index is 1.42.